The molecule has 8 rings (SSSR count). The number of rotatable bonds is 1. The second-order valence-corrected chi connectivity index (χ2v) is 11.2. The molecule has 4 aliphatic heterocycles. The van der Waals surface area contributed by atoms with Crippen molar-refractivity contribution in [3.05, 3.63) is 124 Å². The summed E-state index contributed by atoms with van der Waals surface area (Å²) in [5.41, 5.74) is 1.91. The Morgan fingerprint density at radius 1 is 0.523 bits per heavy atom. The fourth-order valence-corrected chi connectivity index (χ4v) is 5.10. The first-order valence-electron chi connectivity index (χ1n) is 13.3. The zero-order chi connectivity index (χ0) is 31.3. The molecule has 0 unspecified atom stereocenters. The molecule has 0 aliphatic carbocycles. The first-order chi connectivity index (χ1) is 21.1. The molecule has 224 valence electrons. The predicted octanol–water partition coefficient (Wildman–Crippen LogP) is 1.76. The van der Waals surface area contributed by atoms with Gasteiger partial charge in [0, 0.05) is 26.2 Å². The monoisotopic (exact) mass is 614 g/mol. The molecule has 13 nitrogen and oxygen atoms in total. The summed E-state index contributed by atoms with van der Waals surface area (Å²) in [6.07, 6.45) is 0. The van der Waals surface area contributed by atoms with Crippen LogP contribution in [0, 0.1) is 0 Å². The normalized spacial score (nSPS) is 14.8. The number of aromatic nitrogens is 2. The minimum Gasteiger partial charge on any atom is -0.347 e. The second kappa shape index (κ2) is 12.8. The van der Waals surface area contributed by atoms with Gasteiger partial charge in [-0.2, -0.15) is 8.42 Å². The molecule has 14 heteroatoms. The van der Waals surface area contributed by atoms with Gasteiger partial charge in [0.15, 0.2) is 0 Å². The lowest BCUT2D eigenvalue weighted by Gasteiger charge is -2.12. The van der Waals surface area contributed by atoms with Crippen LogP contribution in [0.2, 0.25) is 0 Å². The summed E-state index contributed by atoms with van der Waals surface area (Å²) in [6, 6.07) is 20.0. The van der Waals surface area contributed by atoms with E-state index in [4.69, 9.17) is 0 Å². The van der Waals surface area contributed by atoms with Gasteiger partial charge in [0.2, 0.25) is 0 Å². The minimum absolute atomic E-state index is 0.00104. The Morgan fingerprint density at radius 2 is 0.886 bits per heavy atom. The van der Waals surface area contributed by atoms with E-state index in [1.807, 2.05) is 0 Å². The maximum atomic E-state index is 12.8. The average molecular weight is 615 g/mol. The van der Waals surface area contributed by atoms with E-state index in [2.05, 4.69) is 31.2 Å². The molecule has 0 saturated heterocycles. The first-order valence-corrected chi connectivity index (χ1v) is 14.7. The molecule has 6 heterocycles. The van der Waals surface area contributed by atoms with Gasteiger partial charge in [-0.25, -0.2) is 9.97 Å². The highest BCUT2D eigenvalue weighted by atomic mass is 32.2. The molecule has 0 spiro atoms. The molecular weight excluding hydrogens is 588 g/mol. The predicted molar refractivity (Wildman–Crippen MR) is 156 cm³/mol. The molecule has 0 radical (unpaired) electrons. The number of hydrogen-bond acceptors (Lipinski definition) is 8. The van der Waals surface area contributed by atoms with E-state index < -0.39 is 38.6 Å². The molecule has 0 fully saturated rings. The molecule has 5 N–H and O–H groups in total. The molecule has 2 aromatic heterocycles. The largest absolute Gasteiger partial charge is 0.347 e. The van der Waals surface area contributed by atoms with Crippen molar-refractivity contribution in [1.29, 1.82) is 0 Å². The Morgan fingerprint density at radius 3 is 1.30 bits per heavy atom. The smallest absolute Gasteiger partial charge is 0.294 e. The summed E-state index contributed by atoms with van der Waals surface area (Å²) in [5, 5.41) is 10.7. The lowest BCUT2D eigenvalue weighted by molar-refractivity contribution is 0.0925. The maximum Gasteiger partial charge on any atom is 0.294 e. The van der Waals surface area contributed by atoms with Crippen molar-refractivity contribution in [3.63, 3.8) is 0 Å². The van der Waals surface area contributed by atoms with Gasteiger partial charge < -0.3 is 21.3 Å². The standard InChI is InChI=1S/C30H26N6O7S/c37-27-22-3-1-5-24(35-22)29(39)33-16-20-11-12-21(26(13-20)44(41,42)43)17-34-30(40)25-6-2-4-23(36-25)28(38)32-15-19-9-7-18(8-10-19)14-31-27/h1-13H,14-17H2,(H,31,37)(H,32,38)(H,33,39)(H,34,40)(H,41,42,43). The Balaban J connectivity index is 1.44. The molecule has 8 bridgehead atoms. The van der Waals surface area contributed by atoms with Crippen LogP contribution in [-0.2, 0) is 36.3 Å². The Hall–Kier alpha value is -5.47. The van der Waals surface area contributed by atoms with Crippen LogP contribution in [0.25, 0.3) is 0 Å². The third-order valence-corrected chi connectivity index (χ3v) is 7.60. The molecule has 4 aliphatic rings. The van der Waals surface area contributed by atoms with Gasteiger partial charge in [-0.05, 0) is 52.6 Å². The Kier molecular flexibility index (Phi) is 8.73. The number of carbonyl (C=O) groups is 4. The fourth-order valence-electron chi connectivity index (χ4n) is 4.33. The second-order valence-electron chi connectivity index (χ2n) is 9.78. The van der Waals surface area contributed by atoms with Crippen LogP contribution in [0.4, 0.5) is 0 Å². The SMILES string of the molecule is O=C1NCc2ccc(cc2)CNC(=O)c2cccc(n2)C(=O)NCc2ccc(cc2S(=O)(=O)O)CNC(=O)c2cccc1n2. The van der Waals surface area contributed by atoms with Crippen LogP contribution in [0.15, 0.2) is 83.8 Å². The van der Waals surface area contributed by atoms with Crippen LogP contribution < -0.4 is 21.3 Å². The van der Waals surface area contributed by atoms with E-state index in [0.717, 1.165) is 11.1 Å². The van der Waals surface area contributed by atoms with Gasteiger partial charge in [0.25, 0.3) is 33.7 Å². The van der Waals surface area contributed by atoms with Crippen LogP contribution in [0.5, 0.6) is 0 Å². The summed E-state index contributed by atoms with van der Waals surface area (Å²) in [5.74, 6) is -2.28. The number of hydrogen-bond donors (Lipinski definition) is 5. The number of nitrogens with zero attached hydrogens (tertiary/aromatic N) is 2. The molecule has 4 amide bonds. The number of amides is 4. The van der Waals surface area contributed by atoms with Gasteiger partial charge in [0.1, 0.15) is 22.8 Å². The summed E-state index contributed by atoms with van der Waals surface area (Å²) < 4.78 is 34.2. The van der Waals surface area contributed by atoms with E-state index in [0.29, 0.717) is 5.56 Å². The van der Waals surface area contributed by atoms with Crippen molar-refractivity contribution in [2.24, 2.45) is 0 Å². The van der Waals surface area contributed by atoms with Crippen LogP contribution in [-0.4, -0.2) is 46.6 Å². The molecule has 0 atom stereocenters. The first kappa shape index (κ1) is 30.0. The number of nitrogens with one attached hydrogen (secondary N) is 4. The van der Waals surface area contributed by atoms with E-state index in [1.54, 1.807) is 24.3 Å². The van der Waals surface area contributed by atoms with Crippen molar-refractivity contribution in [1.82, 2.24) is 31.2 Å². The lowest BCUT2D eigenvalue weighted by atomic mass is 10.1. The number of carbonyl (C=O) groups excluding carboxylic acids is 4. The van der Waals surface area contributed by atoms with Gasteiger partial charge in [-0.1, -0.05) is 48.5 Å². The van der Waals surface area contributed by atoms with Crippen LogP contribution >= 0.6 is 0 Å². The average Bonchev–Trinajstić information content (AvgIpc) is 3.03. The van der Waals surface area contributed by atoms with E-state index in [9.17, 15) is 32.1 Å². The van der Waals surface area contributed by atoms with Crippen LogP contribution in [0.1, 0.15) is 64.2 Å². The Bertz CT molecular complexity index is 1880. The van der Waals surface area contributed by atoms with Crippen molar-refractivity contribution in [2.45, 2.75) is 31.1 Å². The molecular formula is C30H26N6O7S. The van der Waals surface area contributed by atoms with Crippen molar-refractivity contribution in [2.75, 3.05) is 0 Å². The van der Waals surface area contributed by atoms with Crippen LogP contribution in [0.3, 0.4) is 0 Å². The summed E-state index contributed by atoms with van der Waals surface area (Å²) in [6.45, 7) is -0.0421. The van der Waals surface area contributed by atoms with Crippen molar-refractivity contribution < 1.29 is 32.1 Å². The zero-order valence-corrected chi connectivity index (χ0v) is 23.8. The van der Waals surface area contributed by atoms with Gasteiger partial charge >= 0.3 is 0 Å². The summed E-state index contributed by atoms with van der Waals surface area (Å²) >= 11 is 0. The third kappa shape index (κ3) is 7.29. The Labute approximate surface area is 251 Å². The maximum absolute atomic E-state index is 12.8. The van der Waals surface area contributed by atoms with E-state index >= 15 is 0 Å². The topological polar surface area (TPSA) is 197 Å². The highest BCUT2D eigenvalue weighted by molar-refractivity contribution is 7.85. The number of benzene rings is 2. The lowest BCUT2D eigenvalue weighted by Crippen LogP contribution is -2.28. The quantitative estimate of drug-likeness (QED) is 0.198. The highest BCUT2D eigenvalue weighted by Gasteiger charge is 2.19. The van der Waals surface area contributed by atoms with Crippen molar-refractivity contribution >= 4 is 33.7 Å². The fraction of sp³-hybridized carbons (Fsp3) is 0.133. The van der Waals surface area contributed by atoms with Gasteiger partial charge in [-0.3, -0.25) is 23.7 Å². The summed E-state index contributed by atoms with van der Waals surface area (Å²) in [7, 11) is -4.71. The molecule has 4 aromatic rings. The third-order valence-electron chi connectivity index (χ3n) is 6.66. The molecule has 0 saturated carbocycles. The number of pyridine rings is 2. The van der Waals surface area contributed by atoms with E-state index in [-0.39, 0.29) is 54.5 Å². The zero-order valence-electron chi connectivity index (χ0n) is 23.0. The summed E-state index contributed by atoms with van der Waals surface area (Å²) in [4.78, 5) is 58.9. The van der Waals surface area contributed by atoms with Crippen molar-refractivity contribution in [3.8, 4) is 0 Å². The molecule has 44 heavy (non-hydrogen) atoms. The van der Waals surface area contributed by atoms with E-state index in [1.165, 1.54) is 54.6 Å². The highest BCUT2D eigenvalue weighted by Crippen LogP contribution is 2.18. The molecule has 2 aromatic carbocycles. The van der Waals surface area contributed by atoms with Gasteiger partial charge in [-0.15, -0.1) is 0 Å². The minimum atomic E-state index is -4.71. The van der Waals surface area contributed by atoms with Gasteiger partial charge in [0.05, 0.1) is 4.90 Å².